The van der Waals surface area contributed by atoms with E-state index in [-0.39, 0.29) is 5.75 Å². The predicted octanol–water partition coefficient (Wildman–Crippen LogP) is 3.75. The van der Waals surface area contributed by atoms with Crippen LogP contribution in [-0.2, 0) is 16.4 Å². The topological polar surface area (TPSA) is 46.2 Å². The number of hydrogen-bond donors (Lipinski definition) is 1. The summed E-state index contributed by atoms with van der Waals surface area (Å²) in [4.78, 5) is 0.338. The van der Waals surface area contributed by atoms with Gasteiger partial charge in [0.15, 0.2) is 9.84 Å². The zero-order chi connectivity index (χ0) is 14.6. The van der Waals surface area contributed by atoms with Crippen molar-refractivity contribution in [3.63, 3.8) is 0 Å². The molecule has 0 unspecified atom stereocenters. The van der Waals surface area contributed by atoms with Gasteiger partial charge in [0, 0.05) is 11.6 Å². The highest BCUT2D eigenvalue weighted by Gasteiger charge is 2.15. The van der Waals surface area contributed by atoms with Crippen molar-refractivity contribution in [1.82, 2.24) is 0 Å². The van der Waals surface area contributed by atoms with Crippen molar-refractivity contribution in [3.8, 4) is 0 Å². The minimum Gasteiger partial charge on any atom is -0.380 e. The van der Waals surface area contributed by atoms with Gasteiger partial charge in [-0.1, -0.05) is 42.8 Å². The second kappa shape index (κ2) is 6.29. The highest BCUT2D eigenvalue weighted by atomic mass is 35.5. The van der Waals surface area contributed by atoms with E-state index in [1.165, 1.54) is 0 Å². The van der Waals surface area contributed by atoms with Gasteiger partial charge in [-0.15, -0.1) is 0 Å². The Kier molecular flexibility index (Phi) is 4.68. The summed E-state index contributed by atoms with van der Waals surface area (Å²) in [6.45, 7) is 2.17. The smallest absolute Gasteiger partial charge is 0.180 e. The normalized spacial score (nSPS) is 11.3. The summed E-state index contributed by atoms with van der Waals surface area (Å²) in [6, 6.07) is 14.4. The van der Waals surface area contributed by atoms with E-state index in [9.17, 15) is 8.42 Å². The lowest BCUT2D eigenvalue weighted by Gasteiger charge is -2.12. The molecule has 3 nitrogen and oxygen atoms in total. The molecule has 2 rings (SSSR count). The first-order chi connectivity index (χ1) is 9.53. The van der Waals surface area contributed by atoms with Crippen LogP contribution in [0.2, 0.25) is 5.02 Å². The van der Waals surface area contributed by atoms with Crippen LogP contribution in [0.15, 0.2) is 53.4 Å². The third kappa shape index (κ3) is 3.52. The number of halogens is 1. The summed E-state index contributed by atoms with van der Waals surface area (Å²) in [5, 5.41) is 3.82. The van der Waals surface area contributed by atoms with Gasteiger partial charge in [0.1, 0.15) is 0 Å². The van der Waals surface area contributed by atoms with Crippen molar-refractivity contribution in [3.05, 3.63) is 59.1 Å². The second-order valence-corrected chi connectivity index (χ2v) is 7.07. The fourth-order valence-electron chi connectivity index (χ4n) is 1.88. The summed E-state index contributed by atoms with van der Waals surface area (Å²) in [5.41, 5.74) is 1.62. The van der Waals surface area contributed by atoms with Gasteiger partial charge in [-0.25, -0.2) is 8.42 Å². The monoisotopic (exact) mass is 309 g/mol. The molecule has 0 heterocycles. The maximum atomic E-state index is 12.0. The number of benzene rings is 2. The largest absolute Gasteiger partial charge is 0.380 e. The molecule has 0 spiro atoms. The average Bonchev–Trinajstić information content (AvgIpc) is 2.45. The lowest BCUT2D eigenvalue weighted by molar-refractivity contribution is 0.597. The van der Waals surface area contributed by atoms with Crippen molar-refractivity contribution >= 4 is 27.1 Å². The molecule has 0 bridgehead atoms. The van der Waals surface area contributed by atoms with Crippen LogP contribution in [0.3, 0.4) is 0 Å². The fourth-order valence-corrected chi connectivity index (χ4v) is 3.17. The van der Waals surface area contributed by atoms with Crippen LogP contribution in [-0.4, -0.2) is 14.2 Å². The summed E-state index contributed by atoms with van der Waals surface area (Å²) >= 11 is 5.93. The Morgan fingerprint density at radius 1 is 1.10 bits per heavy atom. The number of hydrogen-bond acceptors (Lipinski definition) is 3. The minimum absolute atomic E-state index is 0.0862. The molecule has 0 amide bonds. The van der Waals surface area contributed by atoms with E-state index in [1.54, 1.807) is 31.2 Å². The maximum absolute atomic E-state index is 12.0. The molecule has 0 aliphatic rings. The van der Waals surface area contributed by atoms with Crippen LogP contribution in [0.25, 0.3) is 0 Å². The molecule has 0 aliphatic carbocycles. The zero-order valence-electron chi connectivity index (χ0n) is 11.1. The second-order valence-electron chi connectivity index (χ2n) is 4.38. The van der Waals surface area contributed by atoms with Crippen LogP contribution in [0.4, 0.5) is 5.69 Å². The standard InChI is InChI=1S/C15H16ClNO2S/c1-2-20(18,19)15-9-4-3-8-14(15)17-11-12-6-5-7-13(16)10-12/h3-10,17H,2,11H2,1H3. The predicted molar refractivity (Wildman–Crippen MR) is 82.9 cm³/mol. The number of anilines is 1. The van der Waals surface area contributed by atoms with Crippen LogP contribution in [0, 0.1) is 0 Å². The molecule has 0 aliphatic heterocycles. The number of rotatable bonds is 5. The van der Waals surface area contributed by atoms with E-state index in [2.05, 4.69) is 5.32 Å². The first-order valence-corrected chi connectivity index (χ1v) is 8.36. The van der Waals surface area contributed by atoms with Crippen molar-refractivity contribution in [1.29, 1.82) is 0 Å². The van der Waals surface area contributed by atoms with Crippen molar-refractivity contribution < 1.29 is 8.42 Å². The molecule has 2 aromatic rings. The Balaban J connectivity index is 2.22. The molecule has 0 aromatic heterocycles. The summed E-state index contributed by atoms with van der Waals surface area (Å²) in [7, 11) is -3.23. The van der Waals surface area contributed by atoms with Crippen LogP contribution in [0.5, 0.6) is 0 Å². The van der Waals surface area contributed by atoms with Gasteiger partial charge in [0.25, 0.3) is 0 Å². The van der Waals surface area contributed by atoms with Crippen molar-refractivity contribution in [2.24, 2.45) is 0 Å². The Bertz CT molecular complexity index is 699. The van der Waals surface area contributed by atoms with Crippen LogP contribution in [0.1, 0.15) is 12.5 Å². The van der Waals surface area contributed by atoms with Gasteiger partial charge in [-0.3, -0.25) is 0 Å². The lowest BCUT2D eigenvalue weighted by Crippen LogP contribution is -2.09. The number of para-hydroxylation sites is 1. The van der Waals surface area contributed by atoms with Crippen molar-refractivity contribution in [2.45, 2.75) is 18.4 Å². The first-order valence-electron chi connectivity index (χ1n) is 6.33. The van der Waals surface area contributed by atoms with Crippen LogP contribution >= 0.6 is 11.6 Å². The molecular formula is C15H16ClNO2S. The van der Waals surface area contributed by atoms with E-state index in [4.69, 9.17) is 11.6 Å². The van der Waals surface area contributed by atoms with Gasteiger partial charge in [0.2, 0.25) is 0 Å². The van der Waals surface area contributed by atoms with E-state index in [0.29, 0.717) is 22.2 Å². The molecule has 0 saturated heterocycles. The van der Waals surface area contributed by atoms with E-state index in [1.807, 2.05) is 24.3 Å². The summed E-state index contributed by atoms with van der Waals surface area (Å²) < 4.78 is 24.1. The SMILES string of the molecule is CCS(=O)(=O)c1ccccc1NCc1cccc(Cl)c1. The Labute approximate surface area is 124 Å². The van der Waals surface area contributed by atoms with Gasteiger partial charge in [-0.2, -0.15) is 0 Å². The molecule has 5 heteroatoms. The minimum atomic E-state index is -3.23. The zero-order valence-corrected chi connectivity index (χ0v) is 12.7. The maximum Gasteiger partial charge on any atom is 0.180 e. The highest BCUT2D eigenvalue weighted by Crippen LogP contribution is 2.23. The van der Waals surface area contributed by atoms with E-state index < -0.39 is 9.84 Å². The molecule has 106 valence electrons. The molecule has 0 saturated carbocycles. The van der Waals surface area contributed by atoms with Gasteiger partial charge >= 0.3 is 0 Å². The fraction of sp³-hybridized carbons (Fsp3) is 0.200. The van der Waals surface area contributed by atoms with Gasteiger partial charge < -0.3 is 5.32 Å². The van der Waals surface area contributed by atoms with Gasteiger partial charge in [0.05, 0.1) is 16.3 Å². The number of sulfone groups is 1. The molecule has 1 N–H and O–H groups in total. The quantitative estimate of drug-likeness (QED) is 0.915. The Hall–Kier alpha value is -1.52. The molecule has 20 heavy (non-hydrogen) atoms. The summed E-state index contributed by atoms with van der Waals surface area (Å²) in [6.07, 6.45) is 0. The molecule has 0 fully saturated rings. The highest BCUT2D eigenvalue weighted by molar-refractivity contribution is 7.91. The third-order valence-corrected chi connectivity index (χ3v) is 5.00. The average molecular weight is 310 g/mol. The van der Waals surface area contributed by atoms with Crippen LogP contribution < -0.4 is 5.32 Å². The molecule has 2 aromatic carbocycles. The summed E-state index contributed by atoms with van der Waals surface area (Å²) in [5.74, 6) is 0.0862. The number of nitrogens with one attached hydrogen (secondary N) is 1. The third-order valence-electron chi connectivity index (χ3n) is 2.97. The molecule has 0 atom stereocenters. The Morgan fingerprint density at radius 3 is 2.55 bits per heavy atom. The first kappa shape index (κ1) is 14.9. The molecular weight excluding hydrogens is 294 g/mol. The molecule has 0 radical (unpaired) electrons. The van der Waals surface area contributed by atoms with Crippen molar-refractivity contribution in [2.75, 3.05) is 11.1 Å². The Morgan fingerprint density at radius 2 is 1.85 bits per heavy atom. The van der Waals surface area contributed by atoms with E-state index >= 15 is 0 Å². The van der Waals surface area contributed by atoms with Gasteiger partial charge in [-0.05, 0) is 29.8 Å². The lowest BCUT2D eigenvalue weighted by atomic mass is 10.2. The van der Waals surface area contributed by atoms with E-state index in [0.717, 1.165) is 5.56 Å².